The molecule has 2 fully saturated rings. The largest absolute Gasteiger partial charge is 0.374 e. The fourth-order valence-corrected chi connectivity index (χ4v) is 4.46. The first-order valence-electron chi connectivity index (χ1n) is 9.03. The molecule has 134 valence electrons. The zero-order valence-corrected chi connectivity index (χ0v) is 16.1. The second-order valence-electron chi connectivity index (χ2n) is 6.92. The van der Waals surface area contributed by atoms with Gasteiger partial charge in [0.2, 0.25) is 0 Å². The lowest BCUT2D eigenvalue weighted by atomic mass is 10.2. The Morgan fingerprint density at radius 3 is 2.87 bits per heavy atom. The topological polar surface area (TPSA) is 40.1 Å². The Balaban J connectivity index is 1.78. The fourth-order valence-electron chi connectivity index (χ4n) is 3.28. The average molecular weight is 343 g/mol. The van der Waals surface area contributed by atoms with Crippen LogP contribution in [0.3, 0.4) is 0 Å². The van der Waals surface area contributed by atoms with Crippen LogP contribution in [0.4, 0.5) is 0 Å². The maximum absolute atomic E-state index is 5.93. The van der Waals surface area contributed by atoms with Crippen LogP contribution < -0.4 is 5.32 Å². The highest BCUT2D eigenvalue weighted by atomic mass is 32.2. The van der Waals surface area contributed by atoms with Crippen LogP contribution in [0.1, 0.15) is 27.2 Å². The fraction of sp³-hybridized carbons (Fsp3) is 0.941. The van der Waals surface area contributed by atoms with E-state index in [-0.39, 0.29) is 6.10 Å². The van der Waals surface area contributed by atoms with Gasteiger partial charge in [0.1, 0.15) is 0 Å². The van der Waals surface area contributed by atoms with E-state index in [9.17, 15) is 0 Å². The van der Waals surface area contributed by atoms with E-state index in [1.54, 1.807) is 0 Å². The molecule has 2 unspecified atom stereocenters. The summed E-state index contributed by atoms with van der Waals surface area (Å²) in [7, 11) is 1.89. The molecule has 23 heavy (non-hydrogen) atoms. The number of morpholine rings is 1. The quantitative estimate of drug-likeness (QED) is 0.609. The molecule has 2 saturated heterocycles. The van der Waals surface area contributed by atoms with E-state index in [4.69, 9.17) is 4.74 Å². The van der Waals surface area contributed by atoms with Crippen LogP contribution in [0.25, 0.3) is 0 Å². The minimum Gasteiger partial charge on any atom is -0.374 e. The molecule has 2 aliphatic rings. The summed E-state index contributed by atoms with van der Waals surface area (Å²) in [6.45, 7) is 14.0. The van der Waals surface area contributed by atoms with E-state index >= 15 is 0 Å². The summed E-state index contributed by atoms with van der Waals surface area (Å²) in [5.41, 5.74) is 0. The molecule has 2 rings (SSSR count). The van der Waals surface area contributed by atoms with Gasteiger partial charge in [0.05, 0.1) is 12.7 Å². The van der Waals surface area contributed by atoms with Crippen molar-refractivity contribution in [3.8, 4) is 0 Å². The van der Waals surface area contributed by atoms with E-state index in [1.807, 2.05) is 7.05 Å². The summed E-state index contributed by atoms with van der Waals surface area (Å²) in [6.07, 6.45) is 1.49. The van der Waals surface area contributed by atoms with Crippen molar-refractivity contribution in [2.45, 2.75) is 38.5 Å². The first-order chi connectivity index (χ1) is 11.1. The van der Waals surface area contributed by atoms with Gasteiger partial charge < -0.3 is 15.0 Å². The molecule has 0 saturated carbocycles. The Bertz CT molecular complexity index is 378. The molecular formula is C17H34N4OS. The summed E-state index contributed by atoms with van der Waals surface area (Å²) >= 11 is 2.09. The number of ether oxygens (including phenoxy) is 1. The molecule has 2 aliphatic heterocycles. The van der Waals surface area contributed by atoms with Crippen LogP contribution >= 0.6 is 11.8 Å². The van der Waals surface area contributed by atoms with E-state index < -0.39 is 0 Å². The van der Waals surface area contributed by atoms with Gasteiger partial charge in [-0.3, -0.25) is 9.89 Å². The van der Waals surface area contributed by atoms with Crippen molar-refractivity contribution in [1.29, 1.82) is 0 Å². The van der Waals surface area contributed by atoms with E-state index in [1.165, 1.54) is 12.2 Å². The molecule has 0 amide bonds. The lowest BCUT2D eigenvalue weighted by molar-refractivity contribution is -0.0286. The summed E-state index contributed by atoms with van der Waals surface area (Å²) in [5.74, 6) is 2.95. The second-order valence-corrected chi connectivity index (χ2v) is 8.33. The van der Waals surface area contributed by atoms with Crippen molar-refractivity contribution in [3.05, 3.63) is 0 Å². The highest BCUT2D eigenvalue weighted by molar-refractivity contribution is 8.00. The molecular weight excluding hydrogens is 308 g/mol. The third-order valence-corrected chi connectivity index (χ3v) is 5.81. The molecule has 0 aromatic rings. The number of thioether (sulfide) groups is 1. The number of guanidine groups is 1. The zero-order valence-electron chi connectivity index (χ0n) is 15.3. The van der Waals surface area contributed by atoms with Gasteiger partial charge in [0.25, 0.3) is 0 Å². The average Bonchev–Trinajstić information content (AvgIpc) is 2.55. The lowest BCUT2D eigenvalue weighted by Gasteiger charge is -2.36. The van der Waals surface area contributed by atoms with Crippen LogP contribution in [0.15, 0.2) is 4.99 Å². The number of rotatable bonds is 5. The monoisotopic (exact) mass is 342 g/mol. The zero-order chi connectivity index (χ0) is 16.7. The summed E-state index contributed by atoms with van der Waals surface area (Å²) in [6, 6.07) is 0. The maximum Gasteiger partial charge on any atom is 0.193 e. The van der Waals surface area contributed by atoms with Crippen LogP contribution in [-0.4, -0.2) is 85.8 Å². The predicted octanol–water partition coefficient (Wildman–Crippen LogP) is 1.75. The second kappa shape index (κ2) is 9.74. The molecule has 0 radical (unpaired) electrons. The Morgan fingerprint density at radius 2 is 2.17 bits per heavy atom. The van der Waals surface area contributed by atoms with E-state index in [2.05, 4.69) is 52.6 Å². The van der Waals surface area contributed by atoms with Crippen LogP contribution in [0, 0.1) is 5.92 Å². The molecule has 0 bridgehead atoms. The standard InChI is InChI=1S/C17H34N4OS/c1-5-16-13-21(7-9-23-16)17(18-4)19-10-15-12-20(6-8-22-15)11-14(2)3/h14-16H,5-13H2,1-4H3,(H,18,19). The van der Waals surface area contributed by atoms with Gasteiger partial charge in [-0.15, -0.1) is 0 Å². The van der Waals surface area contributed by atoms with Crippen molar-refractivity contribution in [2.24, 2.45) is 10.9 Å². The maximum atomic E-state index is 5.93. The Labute approximate surface area is 146 Å². The number of nitrogens with one attached hydrogen (secondary N) is 1. The third kappa shape index (κ3) is 6.16. The van der Waals surface area contributed by atoms with Crippen molar-refractivity contribution in [3.63, 3.8) is 0 Å². The number of nitrogens with zero attached hydrogens (tertiary/aromatic N) is 3. The number of hydrogen-bond donors (Lipinski definition) is 1. The highest BCUT2D eigenvalue weighted by Gasteiger charge is 2.24. The summed E-state index contributed by atoms with van der Waals surface area (Å²) in [5, 5.41) is 4.27. The normalized spacial score (nSPS) is 27.5. The molecule has 6 heteroatoms. The van der Waals surface area contributed by atoms with E-state index in [0.29, 0.717) is 5.92 Å². The molecule has 2 heterocycles. The Kier molecular flexibility index (Phi) is 7.99. The lowest BCUT2D eigenvalue weighted by Crippen LogP contribution is -2.52. The van der Waals surface area contributed by atoms with Crippen LogP contribution in [-0.2, 0) is 4.74 Å². The minimum absolute atomic E-state index is 0.264. The van der Waals surface area contributed by atoms with Gasteiger partial charge in [-0.1, -0.05) is 20.8 Å². The highest BCUT2D eigenvalue weighted by Crippen LogP contribution is 2.21. The summed E-state index contributed by atoms with van der Waals surface area (Å²) in [4.78, 5) is 9.41. The van der Waals surface area contributed by atoms with Gasteiger partial charge in [0.15, 0.2) is 5.96 Å². The van der Waals surface area contributed by atoms with Gasteiger partial charge in [-0.2, -0.15) is 11.8 Å². The molecule has 0 aromatic carbocycles. The first kappa shape index (κ1) is 18.9. The third-order valence-electron chi connectivity index (χ3n) is 4.44. The summed E-state index contributed by atoms with van der Waals surface area (Å²) < 4.78 is 5.93. The molecule has 0 aromatic heterocycles. The van der Waals surface area contributed by atoms with Gasteiger partial charge in [0, 0.05) is 57.3 Å². The molecule has 0 spiro atoms. The predicted molar refractivity (Wildman–Crippen MR) is 100 cm³/mol. The molecule has 2 atom stereocenters. The number of hydrogen-bond acceptors (Lipinski definition) is 4. The Morgan fingerprint density at radius 1 is 1.35 bits per heavy atom. The molecule has 1 N–H and O–H groups in total. The molecule has 0 aliphatic carbocycles. The van der Waals surface area contributed by atoms with Crippen molar-refractivity contribution < 1.29 is 4.74 Å². The number of aliphatic imine (C=N–C) groups is 1. The van der Waals surface area contributed by atoms with Crippen molar-refractivity contribution in [2.75, 3.05) is 58.7 Å². The van der Waals surface area contributed by atoms with Gasteiger partial charge in [-0.25, -0.2) is 0 Å². The first-order valence-corrected chi connectivity index (χ1v) is 10.1. The van der Waals surface area contributed by atoms with Gasteiger partial charge in [-0.05, 0) is 12.3 Å². The van der Waals surface area contributed by atoms with Crippen molar-refractivity contribution in [1.82, 2.24) is 15.1 Å². The van der Waals surface area contributed by atoms with E-state index in [0.717, 1.165) is 57.1 Å². The SMILES string of the molecule is CCC1CN(C(=NC)NCC2CN(CC(C)C)CCO2)CCS1. The molecule has 5 nitrogen and oxygen atoms in total. The van der Waals surface area contributed by atoms with Crippen LogP contribution in [0.2, 0.25) is 0 Å². The Hall–Kier alpha value is -0.460. The van der Waals surface area contributed by atoms with Crippen molar-refractivity contribution >= 4 is 17.7 Å². The minimum atomic E-state index is 0.264. The van der Waals surface area contributed by atoms with Crippen LogP contribution in [0.5, 0.6) is 0 Å². The van der Waals surface area contributed by atoms with Gasteiger partial charge >= 0.3 is 0 Å². The smallest absolute Gasteiger partial charge is 0.193 e.